The van der Waals surface area contributed by atoms with E-state index in [0.29, 0.717) is 12.8 Å². The molecule has 0 aromatic carbocycles. The molecule has 2 atom stereocenters. The van der Waals surface area contributed by atoms with Gasteiger partial charge >= 0.3 is 57.4 Å². The van der Waals surface area contributed by atoms with Crippen molar-refractivity contribution in [2.45, 2.75) is 135 Å². The summed E-state index contributed by atoms with van der Waals surface area (Å²) in [5, 5.41) is 10.5. The van der Waals surface area contributed by atoms with Crippen LogP contribution < -0.4 is 62.2 Å². The maximum absolute atomic E-state index is 12.5. The van der Waals surface area contributed by atoms with Crippen LogP contribution in [-0.2, 0) is 19.1 Å². The standard InChI is InChI=1S/C24H45NO5.K/c1-3-5-7-8-9-10-11-12-13-14-15-16-21(26)22(17-6-4-2)30-24(29)20(25)18-19-23(27)28;/h20,22H,3-19,25H2,1-2H3,(H,27,28);/q;+1/p-1/t20-,22?;/m0./s1. The van der Waals surface area contributed by atoms with Crippen molar-refractivity contribution < 1.29 is 75.6 Å². The van der Waals surface area contributed by atoms with Crippen molar-refractivity contribution in [1.82, 2.24) is 0 Å². The summed E-state index contributed by atoms with van der Waals surface area (Å²) in [5.74, 6) is -2.02. The fourth-order valence-corrected chi connectivity index (χ4v) is 3.42. The Bertz CT molecular complexity index is 473. The van der Waals surface area contributed by atoms with Crippen LogP contribution in [0.4, 0.5) is 0 Å². The SMILES string of the molecule is CCCCCCCCCCCCCC(=O)C(CCCC)OC(=O)[C@@H](N)CCC(=O)[O-].[K+]. The number of aliphatic carboxylic acids is 1. The molecule has 0 saturated carbocycles. The van der Waals surface area contributed by atoms with Crippen LogP contribution >= 0.6 is 0 Å². The molecule has 0 rings (SSSR count). The van der Waals surface area contributed by atoms with Gasteiger partial charge in [-0.3, -0.25) is 9.59 Å². The van der Waals surface area contributed by atoms with E-state index in [2.05, 4.69) is 6.92 Å². The van der Waals surface area contributed by atoms with Gasteiger partial charge in [0.05, 0.1) is 0 Å². The van der Waals surface area contributed by atoms with Gasteiger partial charge in [-0.2, -0.15) is 0 Å². The molecule has 7 heteroatoms. The summed E-state index contributed by atoms with van der Waals surface area (Å²) in [6, 6.07) is -1.04. The average Bonchev–Trinajstić information content (AvgIpc) is 2.72. The summed E-state index contributed by atoms with van der Waals surface area (Å²) < 4.78 is 5.33. The Balaban J connectivity index is 0. The van der Waals surface area contributed by atoms with E-state index in [0.717, 1.165) is 32.1 Å². The second kappa shape index (κ2) is 23.4. The smallest absolute Gasteiger partial charge is 0.550 e. The summed E-state index contributed by atoms with van der Waals surface area (Å²) in [5.41, 5.74) is 5.68. The van der Waals surface area contributed by atoms with Gasteiger partial charge in [-0.25, -0.2) is 0 Å². The predicted octanol–water partition coefficient (Wildman–Crippen LogP) is 1.22. The summed E-state index contributed by atoms with van der Waals surface area (Å²) in [4.78, 5) is 35.1. The number of carboxylic acids is 1. The molecule has 0 amide bonds. The molecule has 0 aliphatic heterocycles. The fraction of sp³-hybridized carbons (Fsp3) is 0.875. The first-order valence-corrected chi connectivity index (χ1v) is 12.1. The van der Waals surface area contributed by atoms with Crippen molar-refractivity contribution in [3.05, 3.63) is 0 Å². The maximum atomic E-state index is 12.5. The van der Waals surface area contributed by atoms with Gasteiger partial charge < -0.3 is 20.4 Å². The van der Waals surface area contributed by atoms with Gasteiger partial charge in [0.25, 0.3) is 0 Å². The first-order chi connectivity index (χ1) is 14.4. The van der Waals surface area contributed by atoms with E-state index < -0.39 is 24.1 Å². The number of rotatable bonds is 21. The van der Waals surface area contributed by atoms with E-state index in [1.54, 1.807) is 0 Å². The Hall–Kier alpha value is 0.206. The minimum absolute atomic E-state index is 0. The molecular weight excluding hydrogens is 421 g/mol. The molecule has 0 fully saturated rings. The van der Waals surface area contributed by atoms with Crippen molar-refractivity contribution in [3.63, 3.8) is 0 Å². The van der Waals surface area contributed by atoms with Gasteiger partial charge in [-0.15, -0.1) is 0 Å². The van der Waals surface area contributed by atoms with Crippen molar-refractivity contribution in [2.24, 2.45) is 5.73 Å². The maximum Gasteiger partial charge on any atom is 1.00 e. The molecule has 6 nitrogen and oxygen atoms in total. The van der Waals surface area contributed by atoms with Crippen LogP contribution in [0.25, 0.3) is 0 Å². The minimum atomic E-state index is -1.26. The first-order valence-electron chi connectivity index (χ1n) is 12.1. The van der Waals surface area contributed by atoms with Crippen LogP contribution in [0.15, 0.2) is 0 Å². The molecule has 0 aromatic heterocycles. The topological polar surface area (TPSA) is 110 Å². The number of Topliss-reactive ketones (excluding diaryl/α,β-unsaturated/α-hetero) is 1. The number of unbranched alkanes of at least 4 members (excludes halogenated alkanes) is 11. The van der Waals surface area contributed by atoms with Gasteiger partial charge in [0.2, 0.25) is 0 Å². The van der Waals surface area contributed by atoms with E-state index in [1.807, 2.05) is 6.92 Å². The Kier molecular flexibility index (Phi) is 25.2. The van der Waals surface area contributed by atoms with Gasteiger partial charge in [0.1, 0.15) is 6.04 Å². The Morgan fingerprint density at radius 2 is 1.23 bits per heavy atom. The summed E-state index contributed by atoms with van der Waals surface area (Å²) in [6.07, 6.45) is 14.9. The number of hydrogen-bond donors (Lipinski definition) is 1. The van der Waals surface area contributed by atoms with Crippen LogP contribution in [0.5, 0.6) is 0 Å². The number of ketones is 1. The third-order valence-electron chi connectivity index (χ3n) is 5.43. The van der Waals surface area contributed by atoms with Crippen LogP contribution in [0.3, 0.4) is 0 Å². The molecule has 0 radical (unpaired) electrons. The van der Waals surface area contributed by atoms with E-state index in [1.165, 1.54) is 51.4 Å². The van der Waals surface area contributed by atoms with Gasteiger partial charge in [0.15, 0.2) is 11.9 Å². The Morgan fingerprint density at radius 1 is 0.742 bits per heavy atom. The summed E-state index contributed by atoms with van der Waals surface area (Å²) >= 11 is 0. The number of carbonyl (C=O) groups excluding carboxylic acids is 3. The number of carboxylic acid groups (broad SMARTS) is 1. The largest absolute Gasteiger partial charge is 1.00 e. The molecule has 176 valence electrons. The first kappa shape index (κ1) is 33.4. The molecule has 0 spiro atoms. The molecule has 0 bridgehead atoms. The molecule has 0 aliphatic carbocycles. The Labute approximate surface area is 232 Å². The third kappa shape index (κ3) is 20.5. The van der Waals surface area contributed by atoms with Gasteiger partial charge in [-0.1, -0.05) is 84.5 Å². The number of hydrogen-bond acceptors (Lipinski definition) is 6. The predicted molar refractivity (Wildman–Crippen MR) is 118 cm³/mol. The van der Waals surface area contributed by atoms with E-state index in [-0.39, 0.29) is 70.0 Å². The number of carbonyl (C=O) groups is 3. The second-order valence-corrected chi connectivity index (χ2v) is 8.34. The van der Waals surface area contributed by atoms with E-state index in [4.69, 9.17) is 10.5 Å². The fourth-order valence-electron chi connectivity index (χ4n) is 3.42. The zero-order chi connectivity index (χ0) is 22.6. The quantitative estimate of drug-likeness (QED) is 0.155. The van der Waals surface area contributed by atoms with Crippen molar-refractivity contribution in [2.75, 3.05) is 0 Å². The van der Waals surface area contributed by atoms with Crippen LogP contribution in [0.2, 0.25) is 0 Å². The molecule has 31 heavy (non-hydrogen) atoms. The van der Waals surface area contributed by atoms with E-state index in [9.17, 15) is 19.5 Å². The molecule has 0 saturated heterocycles. The van der Waals surface area contributed by atoms with Crippen molar-refractivity contribution in [3.8, 4) is 0 Å². The van der Waals surface area contributed by atoms with Crippen LogP contribution in [0.1, 0.15) is 123 Å². The molecule has 1 unspecified atom stereocenters. The normalized spacial score (nSPS) is 12.6. The van der Waals surface area contributed by atoms with Crippen LogP contribution in [0, 0.1) is 0 Å². The second-order valence-electron chi connectivity index (χ2n) is 8.34. The third-order valence-corrected chi connectivity index (χ3v) is 5.43. The molecule has 0 aromatic rings. The van der Waals surface area contributed by atoms with E-state index >= 15 is 0 Å². The number of ether oxygens (including phenoxy) is 1. The van der Waals surface area contributed by atoms with Gasteiger partial charge in [-0.05, 0) is 32.1 Å². The molecule has 0 aliphatic rings. The van der Waals surface area contributed by atoms with Gasteiger partial charge in [0, 0.05) is 12.4 Å². The number of nitrogens with two attached hydrogens (primary N) is 1. The zero-order valence-electron chi connectivity index (χ0n) is 20.3. The van der Waals surface area contributed by atoms with Crippen molar-refractivity contribution in [1.29, 1.82) is 0 Å². The summed E-state index contributed by atoms with van der Waals surface area (Å²) in [7, 11) is 0. The average molecular weight is 466 g/mol. The monoisotopic (exact) mass is 465 g/mol. The Morgan fingerprint density at radius 3 is 1.71 bits per heavy atom. The molecular formula is C24H44KNO5. The molecule has 0 heterocycles. The number of esters is 1. The van der Waals surface area contributed by atoms with Crippen molar-refractivity contribution >= 4 is 17.7 Å². The van der Waals surface area contributed by atoms with Crippen LogP contribution in [-0.4, -0.2) is 29.9 Å². The minimum Gasteiger partial charge on any atom is -0.550 e. The summed E-state index contributed by atoms with van der Waals surface area (Å²) in [6.45, 7) is 4.24. The zero-order valence-corrected chi connectivity index (χ0v) is 23.4. The molecule has 2 N–H and O–H groups in total.